The molecule has 150 valence electrons. The highest BCUT2D eigenvalue weighted by Crippen LogP contribution is 2.44. The predicted octanol–water partition coefficient (Wildman–Crippen LogP) is 3.10. The lowest BCUT2D eigenvalue weighted by atomic mass is 10.00. The molecule has 4 rings (SSSR count). The molecule has 2 heterocycles. The number of rotatable bonds is 7. The van der Waals surface area contributed by atoms with Crippen molar-refractivity contribution in [1.29, 1.82) is 0 Å². The Morgan fingerprint density at radius 1 is 1.29 bits per heavy atom. The van der Waals surface area contributed by atoms with Gasteiger partial charge < -0.3 is 10.1 Å². The molecule has 28 heavy (non-hydrogen) atoms. The second-order valence-electron chi connectivity index (χ2n) is 8.00. The van der Waals surface area contributed by atoms with Crippen molar-refractivity contribution >= 4 is 5.91 Å². The Morgan fingerprint density at radius 2 is 2.00 bits per heavy atom. The summed E-state index contributed by atoms with van der Waals surface area (Å²) < 4.78 is 5.40. The van der Waals surface area contributed by atoms with Crippen LogP contribution in [0.15, 0.2) is 24.3 Å². The summed E-state index contributed by atoms with van der Waals surface area (Å²) in [6.07, 6.45) is 3.39. The van der Waals surface area contributed by atoms with Crippen LogP contribution in [0.4, 0.5) is 0 Å². The molecular weight excluding hydrogens is 352 g/mol. The summed E-state index contributed by atoms with van der Waals surface area (Å²) >= 11 is 0. The smallest absolute Gasteiger partial charge is 0.251 e. The van der Waals surface area contributed by atoms with Crippen molar-refractivity contribution in [2.45, 2.75) is 45.1 Å². The van der Waals surface area contributed by atoms with Crippen LogP contribution in [0.5, 0.6) is 0 Å². The molecule has 6 nitrogen and oxygen atoms in total. The number of hydrogen-bond donors (Lipinski definition) is 2. The van der Waals surface area contributed by atoms with Gasteiger partial charge in [-0.25, -0.2) is 0 Å². The first kappa shape index (κ1) is 19.2. The highest BCUT2D eigenvalue weighted by molar-refractivity contribution is 5.94. The molecule has 1 aliphatic carbocycles. The summed E-state index contributed by atoms with van der Waals surface area (Å²) in [7, 11) is 0. The first-order valence-electron chi connectivity index (χ1n) is 10.4. The molecule has 0 radical (unpaired) electrons. The monoisotopic (exact) mass is 382 g/mol. The summed E-state index contributed by atoms with van der Waals surface area (Å²) in [5.41, 5.74) is 5.30. The predicted molar refractivity (Wildman–Crippen MR) is 110 cm³/mol. The van der Waals surface area contributed by atoms with Gasteiger partial charge in [-0.1, -0.05) is 12.1 Å². The normalized spacial score (nSPS) is 18.8. The number of benzene rings is 1. The third kappa shape index (κ3) is 4.28. The molecule has 1 amide bonds. The number of amides is 1. The second-order valence-corrected chi connectivity index (χ2v) is 8.00. The molecule has 0 spiro atoms. The Morgan fingerprint density at radius 3 is 2.68 bits per heavy atom. The lowest BCUT2D eigenvalue weighted by Gasteiger charge is -2.32. The molecular formula is C22H30N4O2. The number of morpholine rings is 1. The fourth-order valence-electron chi connectivity index (χ4n) is 3.95. The van der Waals surface area contributed by atoms with Gasteiger partial charge in [-0.3, -0.25) is 14.8 Å². The summed E-state index contributed by atoms with van der Waals surface area (Å²) in [5.74, 6) is 0.587. The number of aromatic nitrogens is 2. The quantitative estimate of drug-likeness (QED) is 0.772. The van der Waals surface area contributed by atoms with Gasteiger partial charge in [-0.15, -0.1) is 0 Å². The van der Waals surface area contributed by atoms with Crippen molar-refractivity contribution in [3.8, 4) is 11.1 Å². The zero-order chi connectivity index (χ0) is 19.5. The van der Waals surface area contributed by atoms with E-state index in [2.05, 4.69) is 34.3 Å². The van der Waals surface area contributed by atoms with Gasteiger partial charge in [-0.05, 0) is 50.8 Å². The molecule has 1 aromatic heterocycles. The van der Waals surface area contributed by atoms with Crippen LogP contribution in [0.2, 0.25) is 0 Å². The third-order valence-electron chi connectivity index (χ3n) is 5.89. The van der Waals surface area contributed by atoms with Crippen molar-refractivity contribution < 1.29 is 9.53 Å². The van der Waals surface area contributed by atoms with E-state index in [4.69, 9.17) is 4.74 Å². The highest BCUT2D eigenvalue weighted by Gasteiger charge is 2.30. The van der Waals surface area contributed by atoms with Crippen molar-refractivity contribution in [3.05, 3.63) is 41.2 Å². The van der Waals surface area contributed by atoms with Crippen LogP contribution >= 0.6 is 0 Å². The lowest BCUT2D eigenvalue weighted by molar-refractivity contribution is 0.0187. The number of ether oxygens (including phenoxy) is 1. The zero-order valence-corrected chi connectivity index (χ0v) is 16.8. The second kappa shape index (κ2) is 8.45. The molecule has 1 atom stereocenters. The van der Waals surface area contributed by atoms with Gasteiger partial charge in [0.15, 0.2) is 0 Å². The summed E-state index contributed by atoms with van der Waals surface area (Å²) in [5, 5.41) is 10.7. The minimum Gasteiger partial charge on any atom is -0.379 e. The van der Waals surface area contributed by atoms with E-state index in [0.717, 1.165) is 44.0 Å². The summed E-state index contributed by atoms with van der Waals surface area (Å²) in [4.78, 5) is 14.9. The van der Waals surface area contributed by atoms with E-state index in [1.165, 1.54) is 24.1 Å². The Bertz CT molecular complexity index is 804. The van der Waals surface area contributed by atoms with Crippen LogP contribution in [-0.4, -0.2) is 59.9 Å². The molecule has 1 unspecified atom stereocenters. The average Bonchev–Trinajstić information content (AvgIpc) is 3.50. The minimum absolute atomic E-state index is 0.00735. The van der Waals surface area contributed by atoms with Crippen LogP contribution < -0.4 is 5.32 Å². The van der Waals surface area contributed by atoms with Gasteiger partial charge in [0, 0.05) is 48.4 Å². The van der Waals surface area contributed by atoms with E-state index < -0.39 is 0 Å². The van der Waals surface area contributed by atoms with Crippen molar-refractivity contribution in [2.24, 2.45) is 0 Å². The van der Waals surface area contributed by atoms with Gasteiger partial charge in [-0.2, -0.15) is 5.10 Å². The van der Waals surface area contributed by atoms with Gasteiger partial charge in [0.05, 0.1) is 18.9 Å². The van der Waals surface area contributed by atoms with Crippen LogP contribution in [0.1, 0.15) is 53.8 Å². The standard InChI is InChI=1S/C22H30N4O2/c1-15(26-11-13-28-14-12-26)9-10-23-22(27)19-7-3-17(4-8-19)20-16(2)24-25-21(20)18-5-6-18/h3-4,7-8,15,18H,5-6,9-14H2,1-2H3,(H,23,27)(H,24,25). The number of aromatic amines is 1. The minimum atomic E-state index is -0.00735. The molecule has 1 saturated carbocycles. The van der Waals surface area contributed by atoms with E-state index >= 15 is 0 Å². The first-order chi connectivity index (χ1) is 13.6. The number of aryl methyl sites for hydroxylation is 1. The third-order valence-corrected chi connectivity index (χ3v) is 5.89. The van der Waals surface area contributed by atoms with Crippen LogP contribution in [0, 0.1) is 6.92 Å². The topological polar surface area (TPSA) is 70.2 Å². The average molecular weight is 383 g/mol. The maximum absolute atomic E-state index is 12.5. The van der Waals surface area contributed by atoms with Gasteiger partial charge in [0.1, 0.15) is 0 Å². The molecule has 2 N–H and O–H groups in total. The molecule has 0 bridgehead atoms. The highest BCUT2D eigenvalue weighted by atomic mass is 16.5. The molecule has 1 aromatic carbocycles. The lowest BCUT2D eigenvalue weighted by Crippen LogP contribution is -2.43. The number of nitrogens with one attached hydrogen (secondary N) is 2. The van der Waals surface area contributed by atoms with E-state index in [0.29, 0.717) is 24.1 Å². The largest absolute Gasteiger partial charge is 0.379 e. The van der Waals surface area contributed by atoms with E-state index in [1.807, 2.05) is 24.3 Å². The SMILES string of the molecule is Cc1[nH]nc(C2CC2)c1-c1ccc(C(=O)NCCC(C)N2CCOCC2)cc1. The zero-order valence-electron chi connectivity index (χ0n) is 16.8. The van der Waals surface area contributed by atoms with Crippen LogP contribution in [0.25, 0.3) is 11.1 Å². The maximum Gasteiger partial charge on any atom is 0.251 e. The molecule has 2 aliphatic rings. The number of H-pyrrole nitrogens is 1. The number of carbonyl (C=O) groups is 1. The van der Waals surface area contributed by atoms with Gasteiger partial charge in [0.25, 0.3) is 5.91 Å². The van der Waals surface area contributed by atoms with Crippen molar-refractivity contribution in [3.63, 3.8) is 0 Å². The van der Waals surface area contributed by atoms with E-state index in [-0.39, 0.29) is 5.91 Å². The fourth-order valence-corrected chi connectivity index (χ4v) is 3.95. The molecule has 2 fully saturated rings. The fraction of sp³-hybridized carbons (Fsp3) is 0.545. The van der Waals surface area contributed by atoms with Crippen LogP contribution in [-0.2, 0) is 4.74 Å². The molecule has 2 aromatic rings. The van der Waals surface area contributed by atoms with Crippen LogP contribution in [0.3, 0.4) is 0 Å². The Hall–Kier alpha value is -2.18. The van der Waals surface area contributed by atoms with Crippen molar-refractivity contribution in [2.75, 3.05) is 32.8 Å². The van der Waals surface area contributed by atoms with E-state index in [1.54, 1.807) is 0 Å². The summed E-state index contributed by atoms with van der Waals surface area (Å²) in [6, 6.07) is 8.36. The molecule has 1 aliphatic heterocycles. The van der Waals surface area contributed by atoms with Crippen molar-refractivity contribution in [1.82, 2.24) is 20.4 Å². The Kier molecular flexibility index (Phi) is 5.78. The molecule has 1 saturated heterocycles. The summed E-state index contributed by atoms with van der Waals surface area (Å²) in [6.45, 7) is 8.54. The van der Waals surface area contributed by atoms with Gasteiger partial charge in [0.2, 0.25) is 0 Å². The van der Waals surface area contributed by atoms with Gasteiger partial charge >= 0.3 is 0 Å². The first-order valence-corrected chi connectivity index (χ1v) is 10.4. The Balaban J connectivity index is 1.32. The number of nitrogens with zero attached hydrogens (tertiary/aromatic N) is 2. The van der Waals surface area contributed by atoms with E-state index in [9.17, 15) is 4.79 Å². The maximum atomic E-state index is 12.5. The number of hydrogen-bond acceptors (Lipinski definition) is 4. The number of carbonyl (C=O) groups excluding carboxylic acids is 1. The molecule has 6 heteroatoms. The Labute approximate surface area is 166 Å².